The predicted octanol–water partition coefficient (Wildman–Crippen LogP) is 3.95. The molecule has 0 amide bonds. The number of carbonyl (C=O) groups excluding carboxylic acids is 1. The molecule has 5 nitrogen and oxygen atoms in total. The van der Waals surface area contributed by atoms with Crippen molar-refractivity contribution >= 4 is 29.6 Å². The van der Waals surface area contributed by atoms with Gasteiger partial charge in [-0.25, -0.2) is 4.79 Å². The van der Waals surface area contributed by atoms with Crippen molar-refractivity contribution in [2.45, 2.75) is 9.79 Å². The quantitative estimate of drug-likeness (QED) is 0.612. The van der Waals surface area contributed by atoms with Crippen molar-refractivity contribution in [1.82, 2.24) is 9.80 Å². The highest BCUT2D eigenvalue weighted by molar-refractivity contribution is 7.99. The molecule has 0 bridgehead atoms. The Morgan fingerprint density at radius 1 is 0.931 bits per heavy atom. The molecule has 0 saturated carbocycles. The Kier molecular flexibility index (Phi) is 7.36. The topological polar surface area (TPSA) is 42.0 Å². The van der Waals surface area contributed by atoms with Crippen LogP contribution in [0.4, 0.5) is 0 Å². The van der Waals surface area contributed by atoms with E-state index in [1.807, 2.05) is 63.4 Å². The molecule has 0 aliphatic carbocycles. The zero-order valence-corrected chi connectivity index (χ0v) is 18.3. The van der Waals surface area contributed by atoms with Gasteiger partial charge in [0.05, 0.1) is 5.56 Å². The van der Waals surface area contributed by atoms with Gasteiger partial charge >= 0.3 is 5.97 Å². The van der Waals surface area contributed by atoms with Gasteiger partial charge in [0, 0.05) is 28.4 Å². The molecule has 2 aromatic carbocycles. The van der Waals surface area contributed by atoms with Crippen molar-refractivity contribution in [2.24, 2.45) is 0 Å². The number of benzene rings is 2. The molecule has 0 spiro atoms. The molecule has 0 fully saturated rings. The van der Waals surface area contributed by atoms with Crippen LogP contribution in [0.3, 0.4) is 0 Å². The molecule has 3 rings (SSSR count). The first-order valence-corrected chi connectivity index (χ1v) is 10.5. The van der Waals surface area contributed by atoms with Gasteiger partial charge in [0.1, 0.15) is 19.0 Å². The van der Waals surface area contributed by atoms with Gasteiger partial charge in [0.25, 0.3) is 0 Å². The molecule has 0 unspecified atom stereocenters. The summed E-state index contributed by atoms with van der Waals surface area (Å²) in [7, 11) is 7.94. The second-order valence-electron chi connectivity index (χ2n) is 7.45. The standard InChI is InChI=1S/C23H28N2O3S/c1-24(2)11-13-27-20-16-17-7-5-6-8-21(17)29-22-10-9-18(15-19(20)22)23(26)28-14-12-25(3)4/h5-10,15-16H,11-14H2,1-4H3. The van der Waals surface area contributed by atoms with Crippen LogP contribution in [-0.4, -0.2) is 70.3 Å². The van der Waals surface area contributed by atoms with E-state index >= 15 is 0 Å². The number of ether oxygens (including phenoxy) is 2. The van der Waals surface area contributed by atoms with Gasteiger partial charge in [-0.1, -0.05) is 30.0 Å². The monoisotopic (exact) mass is 412 g/mol. The third-order valence-electron chi connectivity index (χ3n) is 4.47. The average molecular weight is 413 g/mol. The Bertz CT molecular complexity index is 893. The molecule has 0 radical (unpaired) electrons. The van der Waals surface area contributed by atoms with Crippen LogP contribution >= 0.6 is 11.8 Å². The number of carbonyl (C=O) groups is 1. The van der Waals surface area contributed by atoms with Crippen LogP contribution in [0.25, 0.3) is 11.8 Å². The first-order chi connectivity index (χ1) is 13.9. The number of rotatable bonds is 8. The van der Waals surface area contributed by atoms with E-state index in [4.69, 9.17) is 9.47 Å². The normalized spacial score (nSPS) is 12.8. The number of hydrogen-bond donors (Lipinski definition) is 0. The van der Waals surface area contributed by atoms with Crippen LogP contribution < -0.4 is 0 Å². The van der Waals surface area contributed by atoms with E-state index in [9.17, 15) is 4.79 Å². The van der Waals surface area contributed by atoms with Crippen LogP contribution in [0.5, 0.6) is 0 Å². The summed E-state index contributed by atoms with van der Waals surface area (Å²) in [5.41, 5.74) is 2.58. The summed E-state index contributed by atoms with van der Waals surface area (Å²) in [6.45, 7) is 2.45. The van der Waals surface area contributed by atoms with Gasteiger partial charge in [0.15, 0.2) is 0 Å². The number of fused-ring (bicyclic) bond motifs is 2. The maximum Gasteiger partial charge on any atom is 0.338 e. The number of hydrogen-bond acceptors (Lipinski definition) is 6. The molecule has 1 aliphatic rings. The molecule has 0 aromatic heterocycles. The van der Waals surface area contributed by atoms with Crippen LogP contribution in [0, 0.1) is 0 Å². The van der Waals surface area contributed by atoms with Crippen molar-refractivity contribution in [2.75, 3.05) is 54.5 Å². The summed E-state index contributed by atoms with van der Waals surface area (Å²) in [6.07, 6.45) is 2.06. The fourth-order valence-electron chi connectivity index (χ4n) is 2.83. The zero-order chi connectivity index (χ0) is 20.8. The molecule has 29 heavy (non-hydrogen) atoms. The Morgan fingerprint density at radius 2 is 1.66 bits per heavy atom. The van der Waals surface area contributed by atoms with Gasteiger partial charge < -0.3 is 19.3 Å². The lowest BCUT2D eigenvalue weighted by Crippen LogP contribution is -2.20. The Hall–Kier alpha value is -2.28. The van der Waals surface area contributed by atoms with Crippen LogP contribution in [0.15, 0.2) is 52.3 Å². The lowest BCUT2D eigenvalue weighted by molar-refractivity contribution is 0.0481. The highest BCUT2D eigenvalue weighted by Gasteiger charge is 2.20. The molecule has 6 heteroatoms. The van der Waals surface area contributed by atoms with Gasteiger partial charge in [-0.05, 0) is 64.1 Å². The van der Waals surface area contributed by atoms with E-state index in [1.54, 1.807) is 11.8 Å². The van der Waals surface area contributed by atoms with Gasteiger partial charge in [-0.2, -0.15) is 0 Å². The lowest BCUT2D eigenvalue weighted by Gasteiger charge is -2.16. The predicted molar refractivity (Wildman–Crippen MR) is 118 cm³/mol. The Morgan fingerprint density at radius 3 is 2.41 bits per heavy atom. The third kappa shape index (κ3) is 5.85. The van der Waals surface area contributed by atoms with E-state index < -0.39 is 0 Å². The number of esters is 1. The van der Waals surface area contributed by atoms with Gasteiger partial charge in [-0.15, -0.1) is 0 Å². The summed E-state index contributed by atoms with van der Waals surface area (Å²) in [5, 5.41) is 0. The van der Waals surface area contributed by atoms with Gasteiger partial charge in [-0.3, -0.25) is 0 Å². The fraction of sp³-hybridized carbons (Fsp3) is 0.348. The first-order valence-electron chi connectivity index (χ1n) is 9.66. The SMILES string of the molecule is CN(C)CCOC(=O)c1ccc2c(c1)C(OCCN(C)C)=Cc1ccccc1S2. The van der Waals surface area contributed by atoms with Gasteiger partial charge in [0.2, 0.25) is 0 Å². The van der Waals surface area contributed by atoms with Crippen LogP contribution in [0.2, 0.25) is 0 Å². The van der Waals surface area contributed by atoms with Crippen molar-refractivity contribution in [3.05, 3.63) is 59.2 Å². The molecular weight excluding hydrogens is 384 g/mol. The smallest absolute Gasteiger partial charge is 0.338 e. The highest BCUT2D eigenvalue weighted by Crippen LogP contribution is 2.41. The zero-order valence-electron chi connectivity index (χ0n) is 17.5. The Balaban J connectivity index is 1.89. The molecule has 154 valence electrons. The molecule has 0 atom stereocenters. The second kappa shape index (κ2) is 9.96. The summed E-state index contributed by atoms with van der Waals surface area (Å²) >= 11 is 1.69. The minimum absolute atomic E-state index is 0.311. The molecule has 1 aliphatic heterocycles. The first kappa shape index (κ1) is 21.4. The Labute approximate surface area is 177 Å². The fourth-order valence-corrected chi connectivity index (χ4v) is 3.86. The number of nitrogens with zero attached hydrogens (tertiary/aromatic N) is 2. The molecule has 2 aromatic rings. The van der Waals surface area contributed by atoms with E-state index in [2.05, 4.69) is 23.1 Å². The molecule has 1 heterocycles. The summed E-state index contributed by atoms with van der Waals surface area (Å²) < 4.78 is 11.6. The molecule has 0 saturated heterocycles. The van der Waals surface area contributed by atoms with Crippen LogP contribution in [0.1, 0.15) is 21.5 Å². The molecular formula is C23H28N2O3S. The summed E-state index contributed by atoms with van der Waals surface area (Å²) in [5.74, 6) is 0.469. The largest absolute Gasteiger partial charge is 0.492 e. The third-order valence-corrected chi connectivity index (χ3v) is 5.64. The average Bonchev–Trinajstić information content (AvgIpc) is 2.83. The highest BCUT2D eigenvalue weighted by atomic mass is 32.2. The van der Waals surface area contributed by atoms with Crippen molar-refractivity contribution < 1.29 is 14.3 Å². The minimum atomic E-state index is -0.311. The van der Waals surface area contributed by atoms with E-state index in [1.165, 1.54) is 4.90 Å². The maximum atomic E-state index is 12.5. The van der Waals surface area contributed by atoms with Crippen molar-refractivity contribution in [1.29, 1.82) is 0 Å². The minimum Gasteiger partial charge on any atom is -0.492 e. The maximum absolute atomic E-state index is 12.5. The van der Waals surface area contributed by atoms with E-state index in [0.717, 1.165) is 28.3 Å². The number of likely N-dealkylation sites (N-methyl/N-ethyl adjacent to an activating group) is 2. The van der Waals surface area contributed by atoms with E-state index in [-0.39, 0.29) is 5.97 Å². The molecule has 0 N–H and O–H groups in total. The van der Waals surface area contributed by atoms with Crippen molar-refractivity contribution in [3.63, 3.8) is 0 Å². The summed E-state index contributed by atoms with van der Waals surface area (Å²) in [6, 6.07) is 13.9. The lowest BCUT2D eigenvalue weighted by atomic mass is 10.1. The van der Waals surface area contributed by atoms with E-state index in [0.29, 0.717) is 25.3 Å². The summed E-state index contributed by atoms with van der Waals surface area (Å²) in [4.78, 5) is 18.8. The second-order valence-corrected chi connectivity index (χ2v) is 8.53. The van der Waals surface area contributed by atoms with Crippen LogP contribution in [-0.2, 0) is 9.47 Å². The van der Waals surface area contributed by atoms with Crippen molar-refractivity contribution in [3.8, 4) is 0 Å².